The predicted octanol–water partition coefficient (Wildman–Crippen LogP) is 1.26. The SMILES string of the molecule is Nc1c(C(=O)N(CCO)C2CCC2)sc2nccnc12. The van der Waals surface area contributed by atoms with Gasteiger partial charge in [0.15, 0.2) is 0 Å². The maximum Gasteiger partial charge on any atom is 0.266 e. The van der Waals surface area contributed by atoms with Crippen LogP contribution in [0.2, 0.25) is 0 Å². The van der Waals surface area contributed by atoms with Crippen LogP contribution in [0.1, 0.15) is 28.9 Å². The highest BCUT2D eigenvalue weighted by Crippen LogP contribution is 2.33. The first-order valence-electron chi connectivity index (χ1n) is 6.63. The van der Waals surface area contributed by atoms with Gasteiger partial charge in [-0.25, -0.2) is 9.97 Å². The van der Waals surface area contributed by atoms with Crippen molar-refractivity contribution >= 4 is 33.3 Å². The van der Waals surface area contributed by atoms with Gasteiger partial charge in [0.05, 0.1) is 12.3 Å². The first kappa shape index (κ1) is 13.3. The number of amides is 1. The quantitative estimate of drug-likeness (QED) is 0.885. The van der Waals surface area contributed by atoms with Crippen molar-refractivity contribution in [3.05, 3.63) is 17.3 Å². The van der Waals surface area contributed by atoms with Crippen LogP contribution in [0.4, 0.5) is 5.69 Å². The number of aromatic nitrogens is 2. The molecule has 0 spiro atoms. The third-order valence-corrected chi connectivity index (χ3v) is 4.77. The molecule has 2 heterocycles. The maximum atomic E-state index is 12.6. The van der Waals surface area contributed by atoms with E-state index in [0.29, 0.717) is 27.5 Å². The van der Waals surface area contributed by atoms with E-state index in [1.807, 2.05) is 0 Å². The first-order chi connectivity index (χ1) is 9.72. The maximum absolute atomic E-state index is 12.6. The second kappa shape index (κ2) is 5.34. The summed E-state index contributed by atoms with van der Waals surface area (Å²) in [5.74, 6) is -0.119. The van der Waals surface area contributed by atoms with E-state index in [1.54, 1.807) is 17.3 Å². The van der Waals surface area contributed by atoms with Crippen LogP contribution in [-0.2, 0) is 0 Å². The van der Waals surface area contributed by atoms with Crippen LogP contribution in [0.3, 0.4) is 0 Å². The Morgan fingerprint density at radius 2 is 2.20 bits per heavy atom. The standard InChI is InChI=1S/C13H16N4O2S/c14-9-10-12(16-5-4-15-10)20-11(9)13(19)17(6-7-18)8-2-1-3-8/h4-5,8,18H,1-3,6-7,14H2. The second-order valence-electron chi connectivity index (χ2n) is 4.86. The molecule has 0 bridgehead atoms. The summed E-state index contributed by atoms with van der Waals surface area (Å²) in [5.41, 5.74) is 7.01. The zero-order chi connectivity index (χ0) is 14.1. The molecule has 1 aliphatic carbocycles. The van der Waals surface area contributed by atoms with E-state index in [0.717, 1.165) is 19.3 Å². The summed E-state index contributed by atoms with van der Waals surface area (Å²) >= 11 is 1.27. The number of carbonyl (C=O) groups excluding carboxylic acids is 1. The highest BCUT2D eigenvalue weighted by Gasteiger charge is 2.31. The number of aliphatic hydroxyl groups excluding tert-OH is 1. The monoisotopic (exact) mass is 292 g/mol. The molecule has 0 aliphatic heterocycles. The van der Waals surface area contributed by atoms with Crippen molar-refractivity contribution in [2.75, 3.05) is 18.9 Å². The zero-order valence-electron chi connectivity index (χ0n) is 11.0. The van der Waals surface area contributed by atoms with Crippen LogP contribution < -0.4 is 5.73 Å². The van der Waals surface area contributed by atoms with Crippen LogP contribution in [-0.4, -0.2) is 45.1 Å². The number of fused-ring (bicyclic) bond motifs is 1. The molecule has 20 heavy (non-hydrogen) atoms. The van der Waals surface area contributed by atoms with E-state index in [-0.39, 0.29) is 18.6 Å². The molecule has 1 aliphatic rings. The summed E-state index contributed by atoms with van der Waals surface area (Å²) in [4.78, 5) is 23.9. The molecule has 1 fully saturated rings. The average molecular weight is 292 g/mol. The molecule has 3 N–H and O–H groups in total. The van der Waals surface area contributed by atoms with E-state index in [9.17, 15) is 4.79 Å². The molecule has 1 amide bonds. The Labute approximate surface area is 120 Å². The van der Waals surface area contributed by atoms with Crippen LogP contribution >= 0.6 is 11.3 Å². The highest BCUT2D eigenvalue weighted by atomic mass is 32.1. The third kappa shape index (κ3) is 2.12. The largest absolute Gasteiger partial charge is 0.396 e. The number of carbonyl (C=O) groups is 1. The molecule has 7 heteroatoms. The molecule has 3 rings (SSSR count). The molecule has 0 aromatic carbocycles. The molecular weight excluding hydrogens is 276 g/mol. The van der Waals surface area contributed by atoms with Crippen LogP contribution in [0.15, 0.2) is 12.4 Å². The minimum absolute atomic E-state index is 0.0382. The molecule has 106 valence electrons. The number of anilines is 1. The van der Waals surface area contributed by atoms with Crippen molar-refractivity contribution in [2.24, 2.45) is 0 Å². The summed E-state index contributed by atoms with van der Waals surface area (Å²) in [6.07, 6.45) is 6.27. The molecule has 0 saturated heterocycles. The third-order valence-electron chi connectivity index (χ3n) is 3.67. The van der Waals surface area contributed by atoms with Crippen molar-refractivity contribution in [2.45, 2.75) is 25.3 Å². The molecule has 1 saturated carbocycles. The molecular formula is C13H16N4O2S. The molecule has 0 unspecified atom stereocenters. The van der Waals surface area contributed by atoms with Crippen molar-refractivity contribution in [1.82, 2.24) is 14.9 Å². The summed E-state index contributed by atoms with van der Waals surface area (Å²) in [6.45, 7) is 0.307. The fraction of sp³-hybridized carbons (Fsp3) is 0.462. The van der Waals surface area contributed by atoms with Crippen molar-refractivity contribution in [1.29, 1.82) is 0 Å². The Morgan fingerprint density at radius 1 is 1.45 bits per heavy atom. The van der Waals surface area contributed by atoms with E-state index in [4.69, 9.17) is 10.8 Å². The van der Waals surface area contributed by atoms with Gasteiger partial charge in [0, 0.05) is 25.0 Å². The minimum Gasteiger partial charge on any atom is -0.396 e. The number of nitrogens with zero attached hydrogens (tertiary/aromatic N) is 3. The Hall–Kier alpha value is -1.73. The highest BCUT2D eigenvalue weighted by molar-refractivity contribution is 7.21. The fourth-order valence-corrected chi connectivity index (χ4v) is 3.37. The van der Waals surface area contributed by atoms with Crippen molar-refractivity contribution < 1.29 is 9.90 Å². The lowest BCUT2D eigenvalue weighted by atomic mass is 9.91. The molecule has 6 nitrogen and oxygen atoms in total. The van der Waals surface area contributed by atoms with Gasteiger partial charge in [-0.3, -0.25) is 4.79 Å². The summed E-state index contributed by atoms with van der Waals surface area (Å²) in [5, 5.41) is 9.16. The van der Waals surface area contributed by atoms with Crippen LogP contribution in [0.25, 0.3) is 10.3 Å². The summed E-state index contributed by atoms with van der Waals surface area (Å²) < 4.78 is 0. The normalized spacial score (nSPS) is 15.2. The van der Waals surface area contributed by atoms with E-state index in [2.05, 4.69) is 9.97 Å². The van der Waals surface area contributed by atoms with Gasteiger partial charge in [0.1, 0.15) is 15.2 Å². The number of nitrogens with two attached hydrogens (primary N) is 1. The van der Waals surface area contributed by atoms with E-state index >= 15 is 0 Å². The molecule has 0 atom stereocenters. The Bertz CT molecular complexity index is 638. The van der Waals surface area contributed by atoms with Crippen LogP contribution in [0, 0.1) is 0 Å². The molecule has 2 aromatic rings. The number of rotatable bonds is 4. The van der Waals surface area contributed by atoms with Gasteiger partial charge >= 0.3 is 0 Å². The Balaban J connectivity index is 1.95. The topological polar surface area (TPSA) is 92.3 Å². The molecule has 0 radical (unpaired) electrons. The number of nitrogen functional groups attached to an aromatic ring is 1. The zero-order valence-corrected chi connectivity index (χ0v) is 11.8. The van der Waals surface area contributed by atoms with Gasteiger partial charge in [0.25, 0.3) is 5.91 Å². The predicted molar refractivity (Wildman–Crippen MR) is 77.6 cm³/mol. The first-order valence-corrected chi connectivity index (χ1v) is 7.45. The fourth-order valence-electron chi connectivity index (χ4n) is 2.39. The second-order valence-corrected chi connectivity index (χ2v) is 5.86. The Morgan fingerprint density at radius 3 is 2.80 bits per heavy atom. The van der Waals surface area contributed by atoms with E-state index in [1.165, 1.54) is 11.3 Å². The number of thiophene rings is 1. The lowest BCUT2D eigenvalue weighted by molar-refractivity contribution is 0.0531. The van der Waals surface area contributed by atoms with Gasteiger partial charge in [-0.2, -0.15) is 0 Å². The lowest BCUT2D eigenvalue weighted by Crippen LogP contribution is -2.45. The van der Waals surface area contributed by atoms with Gasteiger partial charge < -0.3 is 15.7 Å². The van der Waals surface area contributed by atoms with Crippen molar-refractivity contribution in [3.63, 3.8) is 0 Å². The minimum atomic E-state index is -0.119. The van der Waals surface area contributed by atoms with Gasteiger partial charge in [-0.15, -0.1) is 11.3 Å². The summed E-state index contributed by atoms with van der Waals surface area (Å²) in [7, 11) is 0. The van der Waals surface area contributed by atoms with Gasteiger partial charge in [0.2, 0.25) is 0 Å². The van der Waals surface area contributed by atoms with Gasteiger partial charge in [-0.05, 0) is 19.3 Å². The molecule has 2 aromatic heterocycles. The van der Waals surface area contributed by atoms with Crippen molar-refractivity contribution in [3.8, 4) is 0 Å². The number of hydrogen-bond donors (Lipinski definition) is 2. The lowest BCUT2D eigenvalue weighted by Gasteiger charge is -2.37. The average Bonchev–Trinajstić information content (AvgIpc) is 2.73. The Kier molecular flexibility index (Phi) is 3.54. The number of aliphatic hydroxyl groups is 1. The van der Waals surface area contributed by atoms with Gasteiger partial charge in [-0.1, -0.05) is 0 Å². The number of hydrogen-bond acceptors (Lipinski definition) is 6. The smallest absolute Gasteiger partial charge is 0.266 e. The summed E-state index contributed by atoms with van der Waals surface area (Å²) in [6, 6.07) is 0.222. The van der Waals surface area contributed by atoms with Crippen LogP contribution in [0.5, 0.6) is 0 Å². The van der Waals surface area contributed by atoms with E-state index < -0.39 is 0 Å².